The van der Waals surface area contributed by atoms with Crippen molar-refractivity contribution < 1.29 is 4.74 Å². The van der Waals surface area contributed by atoms with E-state index in [9.17, 15) is 4.79 Å². The average Bonchev–Trinajstić information content (AvgIpc) is 3.04. The molecule has 2 rings (SSSR count). The summed E-state index contributed by atoms with van der Waals surface area (Å²) in [5, 5.41) is 0. The maximum Gasteiger partial charge on any atom is 0.284 e. The van der Waals surface area contributed by atoms with Gasteiger partial charge in [-0.2, -0.15) is 0 Å². The van der Waals surface area contributed by atoms with Crippen molar-refractivity contribution in [3.63, 3.8) is 0 Å². The number of hydrogen-bond acceptors (Lipinski definition) is 3. The topological polar surface area (TPSA) is 44.1 Å². The monoisotopic (exact) mass is 350 g/mol. The highest BCUT2D eigenvalue weighted by atomic mass is 79.9. The molecule has 1 atom stereocenters. The smallest absolute Gasteiger partial charge is 0.284 e. The minimum atomic E-state index is -0.0999. The molecule has 4 nitrogen and oxygen atoms in total. The van der Waals surface area contributed by atoms with Crippen LogP contribution in [-0.2, 0) is 4.74 Å². The van der Waals surface area contributed by atoms with Crippen LogP contribution < -0.4 is 5.56 Å². The lowest BCUT2D eigenvalue weighted by molar-refractivity contribution is 0.143. The third-order valence-corrected chi connectivity index (χ3v) is 3.62. The molecule has 1 aromatic rings. The van der Waals surface area contributed by atoms with Gasteiger partial charge in [0.05, 0.1) is 12.6 Å². The molecular weight excluding hydrogens is 340 g/mol. The van der Waals surface area contributed by atoms with Gasteiger partial charge in [0.1, 0.15) is 4.60 Å². The van der Waals surface area contributed by atoms with E-state index in [1.807, 2.05) is 0 Å². The molecule has 1 heterocycles. The Balaban J connectivity index is 2.39. The maximum absolute atomic E-state index is 11.9. The Hall–Kier alpha value is -0.200. The molecule has 16 heavy (non-hydrogen) atoms. The molecular formula is C10H12Br2N2O2. The molecule has 0 spiro atoms. The first kappa shape index (κ1) is 12.3. The predicted molar refractivity (Wildman–Crippen MR) is 67.5 cm³/mol. The van der Waals surface area contributed by atoms with Crippen molar-refractivity contribution in [2.75, 3.05) is 13.7 Å². The van der Waals surface area contributed by atoms with Crippen molar-refractivity contribution in [3.05, 3.63) is 25.8 Å². The largest absolute Gasteiger partial charge is 0.383 e. The molecule has 1 aliphatic carbocycles. The molecule has 0 radical (unpaired) electrons. The molecule has 1 aliphatic rings. The van der Waals surface area contributed by atoms with Crippen molar-refractivity contribution in [1.82, 2.24) is 9.55 Å². The number of hydrogen-bond donors (Lipinski definition) is 0. The first-order valence-electron chi connectivity index (χ1n) is 5.06. The van der Waals surface area contributed by atoms with Gasteiger partial charge in [-0.25, -0.2) is 4.98 Å². The van der Waals surface area contributed by atoms with E-state index in [1.165, 1.54) is 0 Å². The Morgan fingerprint density at radius 3 is 2.88 bits per heavy atom. The summed E-state index contributed by atoms with van der Waals surface area (Å²) in [5.41, 5.74) is -0.0999. The average molecular weight is 352 g/mol. The maximum atomic E-state index is 11.9. The lowest BCUT2D eigenvalue weighted by atomic mass is 10.2. The Labute approximate surface area is 110 Å². The molecule has 88 valence electrons. The predicted octanol–water partition coefficient (Wildman–Crippen LogP) is 2.37. The fraction of sp³-hybridized carbons (Fsp3) is 0.600. The van der Waals surface area contributed by atoms with Crippen LogP contribution in [0, 0.1) is 5.92 Å². The minimum Gasteiger partial charge on any atom is -0.383 e. The lowest BCUT2D eigenvalue weighted by Crippen LogP contribution is -2.29. The standard InChI is InChI=1S/C10H12Br2N2O2/c1-16-5-7(6-2-3-6)14-4-8(11)13-9(12)10(14)15/h4,6-7H,2-3,5H2,1H3/t7-/m1/s1. The molecule has 0 unspecified atom stereocenters. The van der Waals surface area contributed by atoms with Gasteiger partial charge >= 0.3 is 0 Å². The van der Waals surface area contributed by atoms with E-state index in [2.05, 4.69) is 36.8 Å². The first-order chi connectivity index (χ1) is 7.63. The Morgan fingerprint density at radius 1 is 1.62 bits per heavy atom. The van der Waals surface area contributed by atoms with E-state index in [0.29, 0.717) is 21.7 Å². The second kappa shape index (κ2) is 4.98. The van der Waals surface area contributed by atoms with E-state index in [0.717, 1.165) is 12.8 Å². The second-order valence-electron chi connectivity index (χ2n) is 3.93. The summed E-state index contributed by atoms with van der Waals surface area (Å²) in [5.74, 6) is 0.554. The molecule has 0 N–H and O–H groups in total. The van der Waals surface area contributed by atoms with Crippen LogP contribution in [0.5, 0.6) is 0 Å². The summed E-state index contributed by atoms with van der Waals surface area (Å²) < 4.78 is 7.88. The number of halogens is 2. The van der Waals surface area contributed by atoms with Crippen LogP contribution in [0.25, 0.3) is 0 Å². The number of nitrogens with zero attached hydrogens (tertiary/aromatic N) is 2. The highest BCUT2D eigenvalue weighted by molar-refractivity contribution is 9.11. The number of ether oxygens (including phenoxy) is 1. The van der Waals surface area contributed by atoms with Crippen molar-refractivity contribution in [2.24, 2.45) is 5.92 Å². The summed E-state index contributed by atoms with van der Waals surface area (Å²) in [6, 6.07) is 0.119. The van der Waals surface area contributed by atoms with Gasteiger partial charge in [0.15, 0.2) is 4.60 Å². The van der Waals surface area contributed by atoms with Gasteiger partial charge in [-0.1, -0.05) is 0 Å². The quantitative estimate of drug-likeness (QED) is 0.836. The van der Waals surface area contributed by atoms with E-state index in [1.54, 1.807) is 17.9 Å². The van der Waals surface area contributed by atoms with Gasteiger partial charge in [0, 0.05) is 13.3 Å². The summed E-state index contributed by atoms with van der Waals surface area (Å²) in [4.78, 5) is 16.0. The Kier molecular flexibility index (Phi) is 3.81. The van der Waals surface area contributed by atoms with Gasteiger partial charge in [-0.15, -0.1) is 0 Å². The van der Waals surface area contributed by atoms with Crippen LogP contribution in [0.4, 0.5) is 0 Å². The number of aromatic nitrogens is 2. The van der Waals surface area contributed by atoms with Crippen molar-refractivity contribution in [1.29, 1.82) is 0 Å². The molecule has 0 amide bonds. The van der Waals surface area contributed by atoms with Crippen LogP contribution in [0.3, 0.4) is 0 Å². The summed E-state index contributed by atoms with van der Waals surface area (Å²) in [7, 11) is 1.66. The molecule has 1 fully saturated rings. The van der Waals surface area contributed by atoms with E-state index in [-0.39, 0.29) is 11.6 Å². The molecule has 0 aliphatic heterocycles. The third kappa shape index (κ3) is 2.55. The lowest BCUT2D eigenvalue weighted by Gasteiger charge is -2.18. The highest BCUT2D eigenvalue weighted by Crippen LogP contribution is 2.39. The highest BCUT2D eigenvalue weighted by Gasteiger charge is 2.33. The van der Waals surface area contributed by atoms with Gasteiger partial charge < -0.3 is 9.30 Å². The zero-order valence-corrected chi connectivity index (χ0v) is 12.0. The minimum absolute atomic E-state index is 0.0999. The molecule has 0 bridgehead atoms. The first-order valence-corrected chi connectivity index (χ1v) is 6.65. The van der Waals surface area contributed by atoms with Crippen LogP contribution >= 0.6 is 31.9 Å². The van der Waals surface area contributed by atoms with Gasteiger partial charge in [0.25, 0.3) is 5.56 Å². The van der Waals surface area contributed by atoms with Crippen LogP contribution in [0.2, 0.25) is 0 Å². The normalized spacial score (nSPS) is 17.4. The zero-order chi connectivity index (χ0) is 11.7. The van der Waals surface area contributed by atoms with E-state index >= 15 is 0 Å². The third-order valence-electron chi connectivity index (χ3n) is 2.72. The van der Waals surface area contributed by atoms with E-state index < -0.39 is 0 Å². The number of rotatable bonds is 4. The summed E-state index contributed by atoms with van der Waals surface area (Å²) in [6.07, 6.45) is 4.06. The molecule has 0 aromatic carbocycles. The fourth-order valence-electron chi connectivity index (χ4n) is 1.79. The summed E-state index contributed by atoms with van der Waals surface area (Å²) >= 11 is 6.46. The Bertz CT molecular complexity index is 443. The molecule has 6 heteroatoms. The number of methoxy groups -OCH3 is 1. The van der Waals surface area contributed by atoms with Gasteiger partial charge in [-0.3, -0.25) is 4.79 Å². The Morgan fingerprint density at radius 2 is 2.31 bits per heavy atom. The molecule has 0 saturated heterocycles. The molecule has 1 saturated carbocycles. The fourth-order valence-corrected chi connectivity index (χ4v) is 2.82. The van der Waals surface area contributed by atoms with Gasteiger partial charge in [0.2, 0.25) is 0 Å². The van der Waals surface area contributed by atoms with Crippen molar-refractivity contribution in [3.8, 4) is 0 Å². The zero-order valence-electron chi connectivity index (χ0n) is 8.82. The van der Waals surface area contributed by atoms with Crippen LogP contribution in [-0.4, -0.2) is 23.3 Å². The summed E-state index contributed by atoms with van der Waals surface area (Å²) in [6.45, 7) is 0.563. The molecule has 1 aromatic heterocycles. The van der Waals surface area contributed by atoms with E-state index in [4.69, 9.17) is 4.74 Å². The van der Waals surface area contributed by atoms with Crippen molar-refractivity contribution in [2.45, 2.75) is 18.9 Å². The van der Waals surface area contributed by atoms with Crippen LogP contribution in [0.15, 0.2) is 20.2 Å². The van der Waals surface area contributed by atoms with Crippen molar-refractivity contribution >= 4 is 31.9 Å². The SMILES string of the molecule is COC[C@H](C1CC1)n1cc(Br)nc(Br)c1=O. The van der Waals surface area contributed by atoms with Crippen LogP contribution in [0.1, 0.15) is 18.9 Å². The van der Waals surface area contributed by atoms with Gasteiger partial charge in [-0.05, 0) is 50.6 Å². The second-order valence-corrected chi connectivity index (χ2v) is 5.49.